The molecule has 3 rings (SSSR count). The number of nitrogens with zero attached hydrogens (tertiary/aromatic N) is 1. The van der Waals surface area contributed by atoms with Crippen LogP contribution in [0.5, 0.6) is 0 Å². The van der Waals surface area contributed by atoms with Gasteiger partial charge in [-0.1, -0.05) is 85.2 Å². The van der Waals surface area contributed by atoms with Crippen molar-refractivity contribution < 1.29 is 19.5 Å². The van der Waals surface area contributed by atoms with Crippen LogP contribution in [-0.4, -0.2) is 28.6 Å². The van der Waals surface area contributed by atoms with Crippen LogP contribution >= 0.6 is 22.9 Å². The van der Waals surface area contributed by atoms with Gasteiger partial charge in [0, 0.05) is 6.54 Å². The lowest BCUT2D eigenvalue weighted by atomic mass is 10.2. The second kappa shape index (κ2) is 14.4. The number of carboxylic acids is 1. The Morgan fingerprint density at radius 2 is 1.79 bits per heavy atom. The van der Waals surface area contributed by atoms with Crippen molar-refractivity contribution in [1.29, 1.82) is 0 Å². The van der Waals surface area contributed by atoms with Crippen LogP contribution in [0.25, 0.3) is 0 Å². The van der Waals surface area contributed by atoms with Crippen molar-refractivity contribution in [3.05, 3.63) is 81.3 Å². The van der Waals surface area contributed by atoms with Gasteiger partial charge in [-0.05, 0) is 31.0 Å². The highest BCUT2D eigenvalue weighted by Crippen LogP contribution is 2.24. The molecule has 0 radical (unpaired) electrons. The van der Waals surface area contributed by atoms with Crippen molar-refractivity contribution in [2.24, 2.45) is 0 Å². The fourth-order valence-corrected chi connectivity index (χ4v) is 3.71. The minimum Gasteiger partial charge on any atom is -0.477 e. The van der Waals surface area contributed by atoms with Crippen LogP contribution in [0.2, 0.25) is 5.02 Å². The number of anilines is 1. The molecule has 9 heteroatoms. The molecule has 1 heterocycles. The molecule has 0 saturated heterocycles. The Morgan fingerprint density at radius 1 is 1.09 bits per heavy atom. The fourth-order valence-electron chi connectivity index (χ4n) is 2.68. The van der Waals surface area contributed by atoms with Gasteiger partial charge in [0.15, 0.2) is 5.13 Å². The van der Waals surface area contributed by atoms with Gasteiger partial charge < -0.3 is 9.94 Å². The van der Waals surface area contributed by atoms with Gasteiger partial charge >= 0.3 is 5.97 Å². The SMILES string of the molecule is CCCCCONCc1ccccc1.Cc1nc(NC(=O)c2ccccc2Cl)sc1C(=O)O. The molecular formula is C24H28ClN3O4S. The smallest absolute Gasteiger partial charge is 0.347 e. The molecule has 1 amide bonds. The molecule has 0 saturated carbocycles. The number of hydroxylamine groups is 1. The number of unbranched alkanes of at least 4 members (excludes halogenated alkanes) is 2. The molecule has 176 valence electrons. The Kier molecular flexibility index (Phi) is 11.5. The van der Waals surface area contributed by atoms with Gasteiger partial charge in [0.05, 0.1) is 22.9 Å². The van der Waals surface area contributed by atoms with Gasteiger partial charge in [0.25, 0.3) is 5.91 Å². The van der Waals surface area contributed by atoms with E-state index in [0.717, 1.165) is 30.9 Å². The third kappa shape index (κ3) is 9.31. The van der Waals surface area contributed by atoms with Gasteiger partial charge in [-0.3, -0.25) is 10.1 Å². The first-order valence-corrected chi connectivity index (χ1v) is 11.8. The van der Waals surface area contributed by atoms with E-state index >= 15 is 0 Å². The lowest BCUT2D eigenvalue weighted by Crippen LogP contribution is -2.14. The largest absolute Gasteiger partial charge is 0.477 e. The van der Waals surface area contributed by atoms with Crippen molar-refractivity contribution in [3.8, 4) is 0 Å². The van der Waals surface area contributed by atoms with Crippen LogP contribution in [0.4, 0.5) is 5.13 Å². The topological polar surface area (TPSA) is 101 Å². The zero-order valence-electron chi connectivity index (χ0n) is 18.6. The molecule has 3 N–H and O–H groups in total. The molecule has 0 unspecified atom stereocenters. The van der Waals surface area contributed by atoms with Crippen molar-refractivity contribution in [3.63, 3.8) is 0 Å². The van der Waals surface area contributed by atoms with Crippen LogP contribution in [0.3, 0.4) is 0 Å². The van der Waals surface area contributed by atoms with E-state index in [0.29, 0.717) is 16.3 Å². The average Bonchev–Trinajstić information content (AvgIpc) is 3.17. The number of aromatic carboxylic acids is 1. The van der Waals surface area contributed by atoms with Gasteiger partial charge in [0.2, 0.25) is 0 Å². The molecule has 0 atom stereocenters. The molecule has 0 aliphatic carbocycles. The normalized spacial score (nSPS) is 10.3. The molecule has 7 nitrogen and oxygen atoms in total. The Hall–Kier alpha value is -2.78. The maximum atomic E-state index is 11.9. The summed E-state index contributed by atoms with van der Waals surface area (Å²) in [6.07, 6.45) is 3.62. The lowest BCUT2D eigenvalue weighted by Gasteiger charge is -2.05. The molecule has 2 aromatic carbocycles. The van der Waals surface area contributed by atoms with E-state index in [1.54, 1.807) is 31.2 Å². The Bertz CT molecular complexity index is 1030. The zero-order valence-corrected chi connectivity index (χ0v) is 20.2. The number of hydrogen-bond donors (Lipinski definition) is 3. The maximum absolute atomic E-state index is 11.9. The second-order valence-electron chi connectivity index (χ2n) is 7.03. The van der Waals surface area contributed by atoms with Crippen molar-refractivity contribution in [2.75, 3.05) is 11.9 Å². The Labute approximate surface area is 202 Å². The predicted molar refractivity (Wildman–Crippen MR) is 132 cm³/mol. The van der Waals surface area contributed by atoms with E-state index < -0.39 is 11.9 Å². The highest BCUT2D eigenvalue weighted by Gasteiger charge is 2.17. The first-order valence-electron chi connectivity index (χ1n) is 10.6. The van der Waals surface area contributed by atoms with E-state index in [1.807, 2.05) is 18.2 Å². The predicted octanol–water partition coefficient (Wildman–Crippen LogP) is 5.95. The van der Waals surface area contributed by atoms with E-state index in [-0.39, 0.29) is 10.0 Å². The average molecular weight is 490 g/mol. The first-order chi connectivity index (χ1) is 15.9. The van der Waals surface area contributed by atoms with Crippen molar-refractivity contribution >= 4 is 39.9 Å². The summed E-state index contributed by atoms with van der Waals surface area (Å²) in [4.78, 5) is 32.2. The number of aryl methyl sites for hydroxylation is 1. The van der Waals surface area contributed by atoms with Gasteiger partial charge in [-0.2, -0.15) is 5.48 Å². The van der Waals surface area contributed by atoms with Crippen LogP contribution in [0, 0.1) is 6.92 Å². The Balaban J connectivity index is 0.000000245. The molecule has 0 spiro atoms. The molecule has 33 heavy (non-hydrogen) atoms. The summed E-state index contributed by atoms with van der Waals surface area (Å²) in [6, 6.07) is 16.9. The number of rotatable bonds is 10. The summed E-state index contributed by atoms with van der Waals surface area (Å²) in [6.45, 7) is 5.36. The van der Waals surface area contributed by atoms with E-state index in [9.17, 15) is 9.59 Å². The number of amides is 1. The summed E-state index contributed by atoms with van der Waals surface area (Å²) < 4.78 is 0. The van der Waals surface area contributed by atoms with Crippen LogP contribution < -0.4 is 10.8 Å². The number of benzene rings is 2. The maximum Gasteiger partial charge on any atom is 0.347 e. The summed E-state index contributed by atoms with van der Waals surface area (Å²) in [5.41, 5.74) is 4.89. The highest BCUT2D eigenvalue weighted by molar-refractivity contribution is 7.17. The third-order valence-electron chi connectivity index (χ3n) is 4.40. The minimum atomic E-state index is -1.06. The Morgan fingerprint density at radius 3 is 2.42 bits per heavy atom. The van der Waals surface area contributed by atoms with Crippen LogP contribution in [0.15, 0.2) is 54.6 Å². The van der Waals surface area contributed by atoms with Gasteiger partial charge in [-0.25, -0.2) is 9.78 Å². The first kappa shape index (κ1) is 26.5. The number of nitrogens with one attached hydrogen (secondary N) is 2. The second-order valence-corrected chi connectivity index (χ2v) is 8.44. The summed E-state index contributed by atoms with van der Waals surface area (Å²) in [5, 5.41) is 12.0. The molecule has 3 aromatic rings. The van der Waals surface area contributed by atoms with Crippen molar-refractivity contribution in [2.45, 2.75) is 39.7 Å². The number of hydrogen-bond acceptors (Lipinski definition) is 6. The molecule has 1 aromatic heterocycles. The molecule has 0 bridgehead atoms. The lowest BCUT2D eigenvalue weighted by molar-refractivity contribution is 0.0342. The quantitative estimate of drug-likeness (QED) is 0.240. The number of thiazole rings is 1. The molecule has 0 aliphatic rings. The number of carbonyl (C=O) groups excluding carboxylic acids is 1. The molecule has 0 aliphatic heterocycles. The third-order valence-corrected chi connectivity index (χ3v) is 5.79. The van der Waals surface area contributed by atoms with Gasteiger partial charge in [-0.15, -0.1) is 0 Å². The van der Waals surface area contributed by atoms with E-state index in [1.165, 1.54) is 18.4 Å². The molecule has 0 fully saturated rings. The summed E-state index contributed by atoms with van der Waals surface area (Å²) >= 11 is 6.81. The van der Waals surface area contributed by atoms with Gasteiger partial charge in [0.1, 0.15) is 4.88 Å². The molecular weight excluding hydrogens is 462 g/mol. The minimum absolute atomic E-state index is 0.106. The number of carbonyl (C=O) groups is 2. The van der Waals surface area contributed by atoms with Crippen LogP contribution in [0.1, 0.15) is 57.5 Å². The fraction of sp³-hybridized carbons (Fsp3) is 0.292. The summed E-state index contributed by atoms with van der Waals surface area (Å²) in [5.74, 6) is -1.48. The van der Waals surface area contributed by atoms with Crippen LogP contribution in [-0.2, 0) is 11.4 Å². The summed E-state index contributed by atoms with van der Waals surface area (Å²) in [7, 11) is 0. The van der Waals surface area contributed by atoms with E-state index in [4.69, 9.17) is 21.5 Å². The van der Waals surface area contributed by atoms with Crippen molar-refractivity contribution in [1.82, 2.24) is 10.5 Å². The van der Waals surface area contributed by atoms with E-state index in [2.05, 4.69) is 34.8 Å². The number of aromatic nitrogens is 1. The standard InChI is InChI=1S/C12H9ClN2O3S.C12H19NO/c1-6-9(11(17)18)19-12(14-6)15-10(16)7-4-2-3-5-8(7)13;1-2-3-7-10-14-13-11-12-8-5-4-6-9-12/h2-5H,1H3,(H,17,18)(H,14,15,16);4-6,8-9,13H,2-3,7,10-11H2,1H3. The number of carboxylic acid groups (broad SMARTS) is 1. The number of halogens is 1. The zero-order chi connectivity index (χ0) is 24.1. The highest BCUT2D eigenvalue weighted by atomic mass is 35.5. The monoisotopic (exact) mass is 489 g/mol.